The molecule has 21 heavy (non-hydrogen) atoms. The minimum absolute atomic E-state index is 0.223. The van der Waals surface area contributed by atoms with Crippen LogP contribution in [0.3, 0.4) is 0 Å². The topological polar surface area (TPSA) is 50.7 Å². The maximum Gasteiger partial charge on any atom is 0.123 e. The molecule has 4 nitrogen and oxygen atoms in total. The lowest BCUT2D eigenvalue weighted by molar-refractivity contribution is -0.00539. The van der Waals surface area contributed by atoms with Crippen molar-refractivity contribution in [1.29, 1.82) is 0 Å². The van der Waals surface area contributed by atoms with Gasteiger partial charge in [-0.3, -0.25) is 0 Å². The van der Waals surface area contributed by atoms with Crippen LogP contribution in [0.5, 0.6) is 11.5 Å². The van der Waals surface area contributed by atoms with Gasteiger partial charge in [0.25, 0.3) is 0 Å². The van der Waals surface area contributed by atoms with E-state index in [9.17, 15) is 5.11 Å². The van der Waals surface area contributed by atoms with Crippen LogP contribution in [-0.2, 0) is 13.0 Å². The lowest BCUT2D eigenvalue weighted by Gasteiger charge is -2.38. The number of hydrogen-bond acceptors (Lipinski definition) is 4. The highest BCUT2D eigenvalue weighted by molar-refractivity contribution is 5.48. The Morgan fingerprint density at radius 1 is 1.33 bits per heavy atom. The molecule has 0 bridgehead atoms. The Balaban J connectivity index is 2.19. The molecule has 0 amide bonds. The number of aliphatic hydroxyl groups is 1. The molecule has 2 rings (SSSR count). The molecule has 1 atom stereocenters. The summed E-state index contributed by atoms with van der Waals surface area (Å²) in [6.07, 6.45) is 1.15. The number of nitrogens with one attached hydrogen (secondary N) is 1. The summed E-state index contributed by atoms with van der Waals surface area (Å²) in [7, 11) is 1.69. The molecule has 1 aliphatic rings. The minimum atomic E-state index is -0.817. The fraction of sp³-hybridized carbons (Fsp3) is 0.647. The molecule has 0 saturated carbocycles. The summed E-state index contributed by atoms with van der Waals surface area (Å²) in [4.78, 5) is 0. The second-order valence-electron chi connectivity index (χ2n) is 6.94. The molecule has 1 heterocycles. The molecule has 1 aliphatic heterocycles. The molecule has 0 spiro atoms. The van der Waals surface area contributed by atoms with Crippen molar-refractivity contribution < 1.29 is 14.6 Å². The molecule has 118 valence electrons. The lowest BCUT2D eigenvalue weighted by Crippen LogP contribution is -2.55. The van der Waals surface area contributed by atoms with Crippen LogP contribution in [0.2, 0.25) is 0 Å². The molecule has 1 aromatic carbocycles. The zero-order chi connectivity index (χ0) is 15.8. The first-order valence-electron chi connectivity index (χ1n) is 7.48. The van der Waals surface area contributed by atoms with Crippen molar-refractivity contribution in [3.8, 4) is 11.5 Å². The third-order valence-corrected chi connectivity index (χ3v) is 4.55. The second-order valence-corrected chi connectivity index (χ2v) is 6.94. The van der Waals surface area contributed by atoms with Gasteiger partial charge in [0.2, 0.25) is 0 Å². The predicted octanol–water partition coefficient (Wildman–Crippen LogP) is 2.66. The van der Waals surface area contributed by atoms with Gasteiger partial charge in [0.1, 0.15) is 17.6 Å². The van der Waals surface area contributed by atoms with E-state index in [1.807, 2.05) is 33.8 Å². The molecule has 1 aromatic rings. The van der Waals surface area contributed by atoms with E-state index in [-0.39, 0.29) is 6.10 Å². The van der Waals surface area contributed by atoms with Crippen LogP contribution in [0, 0.1) is 0 Å². The normalized spacial score (nSPS) is 18.3. The Morgan fingerprint density at radius 2 is 2.00 bits per heavy atom. The first kappa shape index (κ1) is 16.1. The van der Waals surface area contributed by atoms with Gasteiger partial charge in [-0.05, 0) is 46.8 Å². The first-order chi connectivity index (χ1) is 9.64. The number of benzene rings is 1. The average Bonchev–Trinajstić information content (AvgIpc) is 2.72. The van der Waals surface area contributed by atoms with Gasteiger partial charge >= 0.3 is 0 Å². The van der Waals surface area contributed by atoms with E-state index in [4.69, 9.17) is 9.47 Å². The summed E-state index contributed by atoms with van der Waals surface area (Å²) in [5.74, 6) is 1.81. The van der Waals surface area contributed by atoms with E-state index in [1.165, 1.54) is 5.56 Å². The van der Waals surface area contributed by atoms with Gasteiger partial charge in [-0.2, -0.15) is 0 Å². The number of ether oxygens (including phenoxy) is 2. The SMILES string of the molecule is COc1cc2c(cc1CNC(C)(C)C(C)(C)O)OC(C)C2. The van der Waals surface area contributed by atoms with E-state index >= 15 is 0 Å². The van der Waals surface area contributed by atoms with E-state index in [0.29, 0.717) is 6.54 Å². The van der Waals surface area contributed by atoms with Crippen LogP contribution >= 0.6 is 0 Å². The highest BCUT2D eigenvalue weighted by atomic mass is 16.5. The standard InChI is InChI=1S/C17H27NO3/c1-11-7-12-8-14(20-6)13(9-15(12)21-11)10-18-16(2,3)17(4,5)19/h8-9,11,18-19H,7,10H2,1-6H3. The van der Waals surface area contributed by atoms with Crippen molar-refractivity contribution in [1.82, 2.24) is 5.32 Å². The first-order valence-corrected chi connectivity index (χ1v) is 7.48. The summed E-state index contributed by atoms with van der Waals surface area (Å²) in [5, 5.41) is 13.6. The average molecular weight is 293 g/mol. The second kappa shape index (κ2) is 5.50. The molecule has 0 radical (unpaired) electrons. The Bertz CT molecular complexity index is 518. The van der Waals surface area contributed by atoms with Crippen LogP contribution in [0.25, 0.3) is 0 Å². The van der Waals surface area contributed by atoms with E-state index in [2.05, 4.69) is 18.3 Å². The third-order valence-electron chi connectivity index (χ3n) is 4.55. The Kier molecular flexibility index (Phi) is 4.22. The van der Waals surface area contributed by atoms with Gasteiger partial charge in [0, 0.05) is 29.6 Å². The fourth-order valence-electron chi connectivity index (χ4n) is 2.34. The predicted molar refractivity (Wildman–Crippen MR) is 84.0 cm³/mol. The van der Waals surface area contributed by atoms with Crippen LogP contribution in [-0.4, -0.2) is 29.5 Å². The van der Waals surface area contributed by atoms with Crippen LogP contribution in [0.15, 0.2) is 12.1 Å². The fourth-order valence-corrected chi connectivity index (χ4v) is 2.34. The highest BCUT2D eigenvalue weighted by Crippen LogP contribution is 2.35. The summed E-state index contributed by atoms with van der Waals surface area (Å²) in [5.41, 5.74) is 1.01. The number of rotatable bonds is 5. The van der Waals surface area contributed by atoms with Crippen LogP contribution in [0.4, 0.5) is 0 Å². The zero-order valence-corrected chi connectivity index (χ0v) is 13.9. The molecule has 4 heteroatoms. The van der Waals surface area contributed by atoms with Crippen molar-refractivity contribution in [2.24, 2.45) is 0 Å². The molecule has 0 saturated heterocycles. The van der Waals surface area contributed by atoms with Gasteiger partial charge in [-0.1, -0.05) is 0 Å². The van der Waals surface area contributed by atoms with Gasteiger partial charge < -0.3 is 19.9 Å². The number of methoxy groups -OCH3 is 1. The van der Waals surface area contributed by atoms with Crippen LogP contribution in [0.1, 0.15) is 45.7 Å². The maximum atomic E-state index is 10.2. The largest absolute Gasteiger partial charge is 0.496 e. The molecular formula is C17H27NO3. The van der Waals surface area contributed by atoms with E-state index in [1.54, 1.807) is 7.11 Å². The van der Waals surface area contributed by atoms with Crippen molar-refractivity contribution in [3.63, 3.8) is 0 Å². The molecule has 0 aliphatic carbocycles. The summed E-state index contributed by atoms with van der Waals surface area (Å²) >= 11 is 0. The number of hydrogen-bond donors (Lipinski definition) is 2. The highest BCUT2D eigenvalue weighted by Gasteiger charge is 2.34. The maximum absolute atomic E-state index is 10.2. The molecule has 0 aromatic heterocycles. The Labute approximate surface area is 127 Å². The molecule has 2 N–H and O–H groups in total. The van der Waals surface area contributed by atoms with Crippen molar-refractivity contribution in [2.75, 3.05) is 7.11 Å². The summed E-state index contributed by atoms with van der Waals surface area (Å²) < 4.78 is 11.3. The van der Waals surface area contributed by atoms with Gasteiger partial charge in [-0.25, -0.2) is 0 Å². The van der Waals surface area contributed by atoms with Crippen LogP contribution < -0.4 is 14.8 Å². The number of fused-ring (bicyclic) bond motifs is 1. The van der Waals surface area contributed by atoms with Gasteiger partial charge in [-0.15, -0.1) is 0 Å². The van der Waals surface area contributed by atoms with E-state index in [0.717, 1.165) is 23.5 Å². The third kappa shape index (κ3) is 3.33. The van der Waals surface area contributed by atoms with Gasteiger partial charge in [0.15, 0.2) is 0 Å². The van der Waals surface area contributed by atoms with Crippen molar-refractivity contribution in [3.05, 3.63) is 23.3 Å². The molecular weight excluding hydrogens is 266 g/mol. The smallest absolute Gasteiger partial charge is 0.123 e. The zero-order valence-electron chi connectivity index (χ0n) is 13.9. The van der Waals surface area contributed by atoms with E-state index < -0.39 is 11.1 Å². The monoisotopic (exact) mass is 293 g/mol. The quantitative estimate of drug-likeness (QED) is 0.876. The lowest BCUT2D eigenvalue weighted by atomic mass is 9.86. The molecule has 1 unspecified atom stereocenters. The Morgan fingerprint density at radius 3 is 2.57 bits per heavy atom. The van der Waals surface area contributed by atoms with Gasteiger partial charge in [0.05, 0.1) is 12.7 Å². The summed E-state index contributed by atoms with van der Waals surface area (Å²) in [6.45, 7) is 10.3. The molecule has 0 fully saturated rings. The van der Waals surface area contributed by atoms with Crippen molar-refractivity contribution in [2.45, 2.75) is 64.8 Å². The Hall–Kier alpha value is -1.26. The van der Waals surface area contributed by atoms with Crippen molar-refractivity contribution >= 4 is 0 Å². The minimum Gasteiger partial charge on any atom is -0.496 e. The summed E-state index contributed by atoms with van der Waals surface area (Å²) in [6, 6.07) is 4.11.